The largest absolute Gasteiger partial charge is 0.387 e. The second-order valence-electron chi connectivity index (χ2n) is 5.85. The van der Waals surface area contributed by atoms with Gasteiger partial charge >= 0.3 is 0 Å². The van der Waals surface area contributed by atoms with Gasteiger partial charge in [-0.1, -0.05) is 43.4 Å². The molecule has 1 aliphatic carbocycles. The summed E-state index contributed by atoms with van der Waals surface area (Å²) >= 11 is 0. The highest BCUT2D eigenvalue weighted by atomic mass is 16.1. The van der Waals surface area contributed by atoms with Crippen molar-refractivity contribution in [2.45, 2.75) is 51.5 Å². The fraction of sp³-hybridized carbons (Fsp3) is 0.444. The minimum absolute atomic E-state index is 0.116. The molecule has 0 heterocycles. The van der Waals surface area contributed by atoms with Crippen molar-refractivity contribution in [1.82, 2.24) is 5.32 Å². The summed E-state index contributed by atoms with van der Waals surface area (Å²) in [5.41, 5.74) is 1.94. The van der Waals surface area contributed by atoms with Gasteiger partial charge in [0.1, 0.15) is 11.6 Å². The summed E-state index contributed by atoms with van der Waals surface area (Å²) in [4.78, 5) is 12.1. The standard InChI is InChI=1S/C18H23N3O/c1-14-8-10-17(11-9-14)21-18(22)15(12-19)13-20-16-6-4-2-3-5-7-16/h8-11,13,16,20H,2-7H2,1H3,(H,21,22)/b15-13-. The zero-order valence-corrected chi connectivity index (χ0v) is 13.1. The quantitative estimate of drug-likeness (QED) is 0.506. The lowest BCUT2D eigenvalue weighted by Gasteiger charge is -2.14. The summed E-state index contributed by atoms with van der Waals surface area (Å²) in [6.07, 6.45) is 8.76. The molecule has 0 bridgehead atoms. The predicted octanol–water partition coefficient (Wildman–Crippen LogP) is 3.65. The molecule has 1 saturated carbocycles. The zero-order chi connectivity index (χ0) is 15.8. The molecule has 0 unspecified atom stereocenters. The Hall–Kier alpha value is -2.28. The molecule has 4 nitrogen and oxygen atoms in total. The van der Waals surface area contributed by atoms with Gasteiger partial charge in [-0.05, 0) is 31.9 Å². The van der Waals surface area contributed by atoms with Crippen LogP contribution in [0.15, 0.2) is 36.0 Å². The summed E-state index contributed by atoms with van der Waals surface area (Å²) in [6.45, 7) is 1.99. The Balaban J connectivity index is 1.94. The number of benzene rings is 1. The minimum atomic E-state index is -0.368. The van der Waals surface area contributed by atoms with Gasteiger partial charge in [-0.25, -0.2) is 0 Å². The number of carbonyl (C=O) groups is 1. The third kappa shape index (κ3) is 4.92. The lowest BCUT2D eigenvalue weighted by atomic mass is 10.1. The van der Waals surface area contributed by atoms with Crippen molar-refractivity contribution < 1.29 is 4.79 Å². The average Bonchev–Trinajstić information content (AvgIpc) is 2.79. The van der Waals surface area contributed by atoms with Crippen LogP contribution in [0, 0.1) is 18.3 Å². The van der Waals surface area contributed by atoms with Crippen molar-refractivity contribution in [2.75, 3.05) is 5.32 Å². The second-order valence-corrected chi connectivity index (χ2v) is 5.85. The Morgan fingerprint density at radius 1 is 1.18 bits per heavy atom. The molecule has 1 amide bonds. The molecular formula is C18H23N3O. The molecule has 2 N–H and O–H groups in total. The number of aryl methyl sites for hydroxylation is 1. The number of nitriles is 1. The van der Waals surface area contributed by atoms with Crippen molar-refractivity contribution in [2.24, 2.45) is 0 Å². The maximum atomic E-state index is 12.1. The number of nitrogens with one attached hydrogen (secondary N) is 2. The first-order chi connectivity index (χ1) is 10.7. The van der Waals surface area contributed by atoms with Gasteiger partial charge in [0.15, 0.2) is 0 Å². The zero-order valence-electron chi connectivity index (χ0n) is 13.1. The van der Waals surface area contributed by atoms with Crippen LogP contribution in [0.4, 0.5) is 5.69 Å². The topological polar surface area (TPSA) is 64.9 Å². The van der Waals surface area contributed by atoms with E-state index in [9.17, 15) is 10.1 Å². The molecule has 0 aliphatic heterocycles. The fourth-order valence-electron chi connectivity index (χ4n) is 2.63. The van der Waals surface area contributed by atoms with Crippen LogP contribution in [0.2, 0.25) is 0 Å². The monoisotopic (exact) mass is 297 g/mol. The molecule has 116 valence electrons. The van der Waals surface area contributed by atoms with Crippen LogP contribution < -0.4 is 10.6 Å². The van der Waals surface area contributed by atoms with Crippen LogP contribution in [-0.4, -0.2) is 11.9 Å². The molecule has 0 atom stereocenters. The van der Waals surface area contributed by atoms with Gasteiger partial charge in [0.05, 0.1) is 0 Å². The van der Waals surface area contributed by atoms with E-state index in [4.69, 9.17) is 0 Å². The lowest BCUT2D eigenvalue weighted by molar-refractivity contribution is -0.112. The van der Waals surface area contributed by atoms with E-state index in [0.717, 1.165) is 18.4 Å². The Morgan fingerprint density at radius 2 is 1.82 bits per heavy atom. The van der Waals surface area contributed by atoms with E-state index in [1.165, 1.54) is 25.7 Å². The summed E-state index contributed by atoms with van der Waals surface area (Å²) in [6, 6.07) is 9.87. The maximum absolute atomic E-state index is 12.1. The summed E-state index contributed by atoms with van der Waals surface area (Å²) in [5, 5.41) is 15.2. The number of anilines is 1. The third-order valence-electron chi connectivity index (χ3n) is 3.99. The Labute approximate surface area is 132 Å². The highest BCUT2D eigenvalue weighted by Crippen LogP contribution is 2.17. The molecule has 2 rings (SSSR count). The molecular weight excluding hydrogens is 274 g/mol. The highest BCUT2D eigenvalue weighted by Gasteiger charge is 2.13. The van der Waals surface area contributed by atoms with Crippen LogP contribution in [0.25, 0.3) is 0 Å². The first kappa shape index (κ1) is 16.1. The first-order valence-electron chi connectivity index (χ1n) is 7.93. The van der Waals surface area contributed by atoms with Crippen LogP contribution in [-0.2, 0) is 4.79 Å². The molecule has 1 aromatic rings. The average molecular weight is 297 g/mol. The Kier molecular flexibility index (Phi) is 6.02. The van der Waals surface area contributed by atoms with E-state index in [-0.39, 0.29) is 11.5 Å². The predicted molar refractivity (Wildman–Crippen MR) is 88.1 cm³/mol. The summed E-state index contributed by atoms with van der Waals surface area (Å²) in [5.74, 6) is -0.368. The molecule has 0 radical (unpaired) electrons. The van der Waals surface area contributed by atoms with Crippen molar-refractivity contribution in [3.05, 3.63) is 41.6 Å². The number of hydrogen-bond donors (Lipinski definition) is 2. The number of amides is 1. The molecule has 1 aliphatic rings. The third-order valence-corrected chi connectivity index (χ3v) is 3.99. The van der Waals surface area contributed by atoms with Gasteiger partial charge in [0.2, 0.25) is 0 Å². The maximum Gasteiger partial charge on any atom is 0.267 e. The highest BCUT2D eigenvalue weighted by molar-refractivity contribution is 6.06. The first-order valence-corrected chi connectivity index (χ1v) is 7.93. The smallest absolute Gasteiger partial charge is 0.267 e. The molecule has 4 heteroatoms. The molecule has 0 aromatic heterocycles. The van der Waals surface area contributed by atoms with Gasteiger partial charge in [0, 0.05) is 17.9 Å². The molecule has 22 heavy (non-hydrogen) atoms. The summed E-state index contributed by atoms with van der Waals surface area (Å²) < 4.78 is 0. The molecule has 1 fully saturated rings. The Bertz CT molecular complexity index is 561. The normalized spacial score (nSPS) is 16.5. The van der Waals surface area contributed by atoms with E-state index in [1.807, 2.05) is 37.3 Å². The van der Waals surface area contributed by atoms with Crippen molar-refractivity contribution in [1.29, 1.82) is 5.26 Å². The number of carbonyl (C=O) groups excluding carboxylic acids is 1. The van der Waals surface area contributed by atoms with Gasteiger partial charge in [0.25, 0.3) is 5.91 Å². The van der Waals surface area contributed by atoms with Crippen LogP contribution in [0.3, 0.4) is 0 Å². The Morgan fingerprint density at radius 3 is 2.41 bits per heavy atom. The number of nitrogens with zero attached hydrogens (tertiary/aromatic N) is 1. The van der Waals surface area contributed by atoms with Crippen LogP contribution in [0.1, 0.15) is 44.1 Å². The number of rotatable bonds is 4. The number of hydrogen-bond acceptors (Lipinski definition) is 3. The molecule has 1 aromatic carbocycles. The van der Waals surface area contributed by atoms with Crippen molar-refractivity contribution in [3.63, 3.8) is 0 Å². The van der Waals surface area contributed by atoms with Gasteiger partial charge in [-0.15, -0.1) is 0 Å². The lowest BCUT2D eigenvalue weighted by Crippen LogP contribution is -2.25. The van der Waals surface area contributed by atoms with Crippen LogP contribution in [0.5, 0.6) is 0 Å². The second kappa shape index (κ2) is 8.23. The summed E-state index contributed by atoms with van der Waals surface area (Å²) in [7, 11) is 0. The van der Waals surface area contributed by atoms with E-state index in [2.05, 4.69) is 10.6 Å². The SMILES string of the molecule is Cc1ccc(NC(=O)/C(C#N)=C\NC2CCCCCC2)cc1. The fourth-order valence-corrected chi connectivity index (χ4v) is 2.63. The van der Waals surface area contributed by atoms with Crippen molar-refractivity contribution >= 4 is 11.6 Å². The van der Waals surface area contributed by atoms with E-state index in [0.29, 0.717) is 11.7 Å². The van der Waals surface area contributed by atoms with Gasteiger partial charge < -0.3 is 10.6 Å². The minimum Gasteiger partial charge on any atom is -0.387 e. The van der Waals surface area contributed by atoms with Gasteiger partial charge in [-0.3, -0.25) is 4.79 Å². The van der Waals surface area contributed by atoms with E-state index in [1.54, 1.807) is 6.20 Å². The molecule has 0 saturated heterocycles. The van der Waals surface area contributed by atoms with Gasteiger partial charge in [-0.2, -0.15) is 5.26 Å². The van der Waals surface area contributed by atoms with Crippen molar-refractivity contribution in [3.8, 4) is 6.07 Å². The van der Waals surface area contributed by atoms with E-state index >= 15 is 0 Å². The molecule has 0 spiro atoms. The van der Waals surface area contributed by atoms with E-state index < -0.39 is 0 Å². The van der Waals surface area contributed by atoms with Crippen LogP contribution >= 0.6 is 0 Å².